The first-order valence-corrected chi connectivity index (χ1v) is 8.80. The molecule has 0 fully saturated rings. The van der Waals surface area contributed by atoms with Crippen LogP contribution in [0.15, 0.2) is 48.5 Å². The van der Waals surface area contributed by atoms with E-state index in [1.54, 1.807) is 48.5 Å². The first-order chi connectivity index (χ1) is 10.8. The summed E-state index contributed by atoms with van der Waals surface area (Å²) >= 11 is 0. The van der Waals surface area contributed by atoms with Crippen molar-refractivity contribution in [2.75, 3.05) is 12.9 Å². The summed E-state index contributed by atoms with van der Waals surface area (Å²) in [7, 11) is -3.50. The van der Waals surface area contributed by atoms with Gasteiger partial charge in [0, 0.05) is 6.42 Å². The van der Waals surface area contributed by atoms with Gasteiger partial charge in [0.05, 0.1) is 12.9 Å². The van der Waals surface area contributed by atoms with E-state index in [0.29, 0.717) is 24.3 Å². The lowest BCUT2D eigenvalue weighted by Gasteiger charge is -2.09. The number of benzene rings is 2. The molecule has 3 N–H and O–H groups in total. The normalized spacial score (nSPS) is 12.7. The summed E-state index contributed by atoms with van der Waals surface area (Å²) in [6.07, 6.45) is 0.682. The highest BCUT2D eigenvalue weighted by Gasteiger charge is 2.04. The van der Waals surface area contributed by atoms with Gasteiger partial charge in [-0.2, -0.15) is 8.42 Å². The van der Waals surface area contributed by atoms with Crippen molar-refractivity contribution >= 4 is 10.1 Å². The summed E-state index contributed by atoms with van der Waals surface area (Å²) in [4.78, 5) is 0. The fourth-order valence-corrected chi connectivity index (χ4v) is 2.40. The zero-order chi connectivity index (χ0) is 16.9. The summed E-state index contributed by atoms with van der Waals surface area (Å²) in [6.45, 7) is 0.469. The third kappa shape index (κ3) is 5.90. The predicted molar refractivity (Wildman–Crippen MR) is 86.7 cm³/mol. The SMILES string of the molecule is CS(=O)(=O)Oc1ccc(CCOc2ccc(C(N)O)cc2)cc1. The number of rotatable bonds is 7. The van der Waals surface area contributed by atoms with Crippen LogP contribution in [-0.2, 0) is 16.5 Å². The maximum absolute atomic E-state index is 11.0. The van der Waals surface area contributed by atoms with Crippen molar-refractivity contribution in [2.24, 2.45) is 5.73 Å². The van der Waals surface area contributed by atoms with Crippen molar-refractivity contribution in [1.82, 2.24) is 0 Å². The van der Waals surface area contributed by atoms with Crippen LogP contribution in [0.4, 0.5) is 0 Å². The van der Waals surface area contributed by atoms with Gasteiger partial charge in [-0.1, -0.05) is 24.3 Å². The summed E-state index contributed by atoms with van der Waals surface area (Å²) in [5.41, 5.74) is 6.98. The molecule has 0 saturated heterocycles. The van der Waals surface area contributed by atoms with Crippen molar-refractivity contribution in [2.45, 2.75) is 12.6 Å². The molecule has 0 heterocycles. The van der Waals surface area contributed by atoms with Crippen LogP contribution in [0.25, 0.3) is 0 Å². The van der Waals surface area contributed by atoms with Gasteiger partial charge in [-0.3, -0.25) is 0 Å². The number of aliphatic hydroxyl groups excluding tert-OH is 1. The summed E-state index contributed by atoms with van der Waals surface area (Å²) < 4.78 is 32.4. The molecule has 0 amide bonds. The maximum atomic E-state index is 11.0. The third-order valence-electron chi connectivity index (χ3n) is 3.05. The minimum atomic E-state index is -3.50. The van der Waals surface area contributed by atoms with Gasteiger partial charge in [0.25, 0.3) is 0 Å². The molecule has 0 aliphatic rings. The van der Waals surface area contributed by atoms with E-state index in [1.807, 2.05) is 0 Å². The van der Waals surface area contributed by atoms with Crippen molar-refractivity contribution in [3.05, 3.63) is 59.7 Å². The van der Waals surface area contributed by atoms with Crippen molar-refractivity contribution in [3.63, 3.8) is 0 Å². The molecule has 2 aromatic carbocycles. The van der Waals surface area contributed by atoms with E-state index in [0.717, 1.165) is 11.8 Å². The highest BCUT2D eigenvalue weighted by molar-refractivity contribution is 7.86. The minimum absolute atomic E-state index is 0.285. The van der Waals surface area contributed by atoms with Crippen LogP contribution >= 0.6 is 0 Å². The zero-order valence-corrected chi connectivity index (χ0v) is 13.5. The molecular weight excluding hydrogens is 318 g/mol. The van der Waals surface area contributed by atoms with Crippen molar-refractivity contribution in [3.8, 4) is 11.5 Å². The Kier molecular flexibility index (Phi) is 5.59. The standard InChI is InChI=1S/C16H19NO5S/c1-23(19,20)22-15-6-2-12(3-7-15)10-11-21-14-8-4-13(5-9-14)16(17)18/h2-9,16,18H,10-11,17H2,1H3. The molecule has 23 heavy (non-hydrogen) atoms. The molecule has 2 rings (SSSR count). The second-order valence-electron chi connectivity index (χ2n) is 5.04. The molecule has 6 nitrogen and oxygen atoms in total. The van der Waals surface area contributed by atoms with Gasteiger partial charge < -0.3 is 19.8 Å². The van der Waals surface area contributed by atoms with Crippen LogP contribution in [0.3, 0.4) is 0 Å². The van der Waals surface area contributed by atoms with E-state index in [2.05, 4.69) is 0 Å². The van der Waals surface area contributed by atoms with Gasteiger partial charge in [-0.25, -0.2) is 0 Å². The van der Waals surface area contributed by atoms with E-state index in [9.17, 15) is 13.5 Å². The van der Waals surface area contributed by atoms with Gasteiger partial charge >= 0.3 is 10.1 Å². The summed E-state index contributed by atoms with van der Waals surface area (Å²) in [5, 5.41) is 9.22. The first-order valence-electron chi connectivity index (χ1n) is 6.98. The summed E-state index contributed by atoms with van der Waals surface area (Å²) in [5.74, 6) is 0.972. The molecular formula is C16H19NO5S. The largest absolute Gasteiger partial charge is 0.493 e. The Morgan fingerprint density at radius 3 is 2.13 bits per heavy atom. The molecule has 0 saturated carbocycles. The Hall–Kier alpha value is -2.09. The predicted octanol–water partition coefficient (Wildman–Crippen LogP) is 1.60. The zero-order valence-electron chi connectivity index (χ0n) is 12.7. The molecule has 0 spiro atoms. The van der Waals surface area contributed by atoms with Crippen LogP contribution in [0.5, 0.6) is 11.5 Å². The quantitative estimate of drug-likeness (QED) is 0.588. The Morgan fingerprint density at radius 2 is 1.61 bits per heavy atom. The van der Waals surface area contributed by atoms with Gasteiger partial charge in [0.1, 0.15) is 17.7 Å². The Labute approximate surface area is 135 Å². The second-order valence-corrected chi connectivity index (χ2v) is 6.62. The minimum Gasteiger partial charge on any atom is -0.493 e. The van der Waals surface area contributed by atoms with Crippen molar-refractivity contribution < 1.29 is 22.4 Å². The third-order valence-corrected chi connectivity index (χ3v) is 3.55. The van der Waals surface area contributed by atoms with Crippen LogP contribution in [0.2, 0.25) is 0 Å². The molecule has 1 unspecified atom stereocenters. The monoisotopic (exact) mass is 337 g/mol. The topological polar surface area (TPSA) is 98.9 Å². The lowest BCUT2D eigenvalue weighted by molar-refractivity contribution is 0.186. The molecule has 0 aliphatic heterocycles. The van der Waals surface area contributed by atoms with Crippen LogP contribution in [-0.4, -0.2) is 26.4 Å². The fourth-order valence-electron chi connectivity index (χ4n) is 1.93. The molecule has 0 aromatic heterocycles. The smallest absolute Gasteiger partial charge is 0.306 e. The van der Waals surface area contributed by atoms with Crippen molar-refractivity contribution in [1.29, 1.82) is 0 Å². The highest BCUT2D eigenvalue weighted by Crippen LogP contribution is 2.17. The highest BCUT2D eigenvalue weighted by atomic mass is 32.2. The Balaban J connectivity index is 1.84. The van der Waals surface area contributed by atoms with E-state index >= 15 is 0 Å². The number of hydrogen-bond acceptors (Lipinski definition) is 6. The van der Waals surface area contributed by atoms with Gasteiger partial charge in [-0.15, -0.1) is 0 Å². The van der Waals surface area contributed by atoms with Crippen LogP contribution < -0.4 is 14.7 Å². The Morgan fingerprint density at radius 1 is 1.04 bits per heavy atom. The maximum Gasteiger partial charge on any atom is 0.306 e. The molecule has 0 radical (unpaired) electrons. The number of aliphatic hydroxyl groups is 1. The molecule has 2 aromatic rings. The average molecular weight is 337 g/mol. The number of ether oxygens (including phenoxy) is 1. The molecule has 124 valence electrons. The molecule has 1 atom stereocenters. The number of nitrogens with two attached hydrogens (primary N) is 1. The Bertz CT molecular complexity index is 724. The number of hydrogen-bond donors (Lipinski definition) is 2. The lowest BCUT2D eigenvalue weighted by atomic mass is 10.1. The molecule has 0 aliphatic carbocycles. The van der Waals surface area contributed by atoms with Crippen LogP contribution in [0, 0.1) is 0 Å². The second kappa shape index (κ2) is 7.45. The molecule has 7 heteroatoms. The van der Waals surface area contributed by atoms with E-state index < -0.39 is 16.3 Å². The van der Waals surface area contributed by atoms with Gasteiger partial charge in [-0.05, 0) is 35.4 Å². The summed E-state index contributed by atoms with van der Waals surface area (Å²) in [6, 6.07) is 13.7. The van der Waals surface area contributed by atoms with Gasteiger partial charge in [0.2, 0.25) is 0 Å². The van der Waals surface area contributed by atoms with Crippen LogP contribution in [0.1, 0.15) is 17.4 Å². The van der Waals surface area contributed by atoms with E-state index in [-0.39, 0.29) is 5.75 Å². The van der Waals surface area contributed by atoms with Gasteiger partial charge in [0.15, 0.2) is 0 Å². The lowest BCUT2D eigenvalue weighted by Crippen LogP contribution is -2.08. The first kappa shape index (κ1) is 17.3. The van der Waals surface area contributed by atoms with E-state index in [1.165, 1.54) is 0 Å². The average Bonchev–Trinajstić information content (AvgIpc) is 2.48. The molecule has 0 bridgehead atoms. The fraction of sp³-hybridized carbons (Fsp3) is 0.250. The van der Waals surface area contributed by atoms with E-state index in [4.69, 9.17) is 14.7 Å².